The number of fused-ring (bicyclic) bond motifs is 2. The molecule has 1 aromatic rings. The molecule has 0 aromatic carbocycles. The molecule has 286 valence electrons. The van der Waals surface area contributed by atoms with Crippen LogP contribution in [0, 0.1) is 23.2 Å². The van der Waals surface area contributed by atoms with Crippen LogP contribution in [0.1, 0.15) is 102 Å². The summed E-state index contributed by atoms with van der Waals surface area (Å²) in [4.78, 5) is 30.3. The van der Waals surface area contributed by atoms with Crippen molar-refractivity contribution >= 4 is 23.3 Å². The third-order valence-electron chi connectivity index (χ3n) is 13.4. The van der Waals surface area contributed by atoms with Crippen molar-refractivity contribution in [1.29, 1.82) is 0 Å². The molecule has 9 unspecified atom stereocenters. The fourth-order valence-corrected chi connectivity index (χ4v) is 10.7. The number of hydrogen-bond donors (Lipinski definition) is 5. The Hall–Kier alpha value is -3.00. The molecule has 2 aliphatic heterocycles. The summed E-state index contributed by atoms with van der Waals surface area (Å²) < 4.78 is 25.3. The predicted molar refractivity (Wildman–Crippen MR) is 188 cm³/mol. The van der Waals surface area contributed by atoms with E-state index in [1.165, 1.54) is 20.0 Å². The zero-order chi connectivity index (χ0) is 37.0. The fraction of sp³-hybridized carbons (Fsp3) is 0.700. The first kappa shape index (κ1) is 37.3. The lowest BCUT2D eigenvalue weighted by Gasteiger charge is -2.61. The molecule has 6 aliphatic rings. The molecule has 4 fully saturated rings. The van der Waals surface area contributed by atoms with E-state index in [4.69, 9.17) is 23.9 Å². The lowest BCUT2D eigenvalue weighted by atomic mass is 9.62. The Kier molecular flexibility index (Phi) is 10.3. The molecule has 12 heteroatoms. The summed E-state index contributed by atoms with van der Waals surface area (Å²) in [5.74, 6) is -1.97. The third kappa shape index (κ3) is 5.80. The van der Waals surface area contributed by atoms with Crippen LogP contribution in [0.25, 0.3) is 11.3 Å². The number of aliphatic hydroxyl groups is 4. The Labute approximate surface area is 304 Å². The molecular formula is C40H54NO11-. The van der Waals surface area contributed by atoms with Crippen molar-refractivity contribution in [3.8, 4) is 0 Å². The minimum Gasteiger partial charge on any atom is -0.658 e. The van der Waals surface area contributed by atoms with Gasteiger partial charge in [-0.2, -0.15) is 5.69 Å². The Bertz CT molecular complexity index is 1700. The molecule has 12 nitrogen and oxygen atoms in total. The number of esters is 1. The third-order valence-corrected chi connectivity index (χ3v) is 13.4. The molecule has 3 heterocycles. The maximum atomic E-state index is 13.1. The fourth-order valence-electron chi connectivity index (χ4n) is 10.7. The normalized spacial score (nSPS) is 35.8. The van der Waals surface area contributed by atoms with Gasteiger partial charge in [-0.05, 0) is 67.6 Å². The van der Waals surface area contributed by atoms with E-state index in [1.54, 1.807) is 6.08 Å². The van der Waals surface area contributed by atoms with Crippen molar-refractivity contribution in [2.45, 2.75) is 132 Å². The molecule has 52 heavy (non-hydrogen) atoms. The zero-order valence-electron chi connectivity index (χ0n) is 30.3. The van der Waals surface area contributed by atoms with Crippen LogP contribution in [0.3, 0.4) is 0 Å². The summed E-state index contributed by atoms with van der Waals surface area (Å²) >= 11 is 0. The van der Waals surface area contributed by atoms with Crippen LogP contribution in [0.4, 0.5) is 0 Å². The second-order valence-electron chi connectivity index (χ2n) is 16.0. The quantitative estimate of drug-likeness (QED) is 0.157. The number of carbonyl (C=O) groups excluding carboxylic acids is 1. The molecule has 0 amide bonds. The van der Waals surface area contributed by atoms with Crippen molar-refractivity contribution in [3.05, 3.63) is 46.6 Å². The smallest absolute Gasteiger partial charge is 0.333 e. The summed E-state index contributed by atoms with van der Waals surface area (Å²) in [6.07, 6.45) is 6.86. The Morgan fingerprint density at radius 2 is 1.88 bits per heavy atom. The highest BCUT2D eigenvalue weighted by Crippen LogP contribution is 2.57. The standard InChI is InChI=1S/C40H54NO11/c1-4-24-25(19-32(44)45)27(35(46)49-3)20-38(14-7-8-15-38)34(24)51-37-39(48)16-13-28-26-18-29(22(2)23-10-5-6-11-23)41-33(26)30(12-9-17-42)52-40(28,36(39)47)31(21-43)50-37/h4,18,20,22-25,31,34,36-37,42-43,47-48H,1,5-17,19,21H2,2-3H3,(H,44,45)/q-1. The van der Waals surface area contributed by atoms with Crippen molar-refractivity contribution in [1.82, 2.24) is 4.98 Å². The molecule has 2 spiro atoms. The van der Waals surface area contributed by atoms with Crippen LogP contribution in [0.5, 0.6) is 0 Å². The summed E-state index contributed by atoms with van der Waals surface area (Å²) in [6, 6.07) is 2.08. The number of carboxylic acids is 1. The van der Waals surface area contributed by atoms with Gasteiger partial charge >= 0.3 is 11.9 Å². The van der Waals surface area contributed by atoms with E-state index in [-0.39, 0.29) is 30.9 Å². The van der Waals surface area contributed by atoms with Gasteiger partial charge in [-0.25, -0.2) is 4.79 Å². The van der Waals surface area contributed by atoms with Gasteiger partial charge in [0.05, 0.1) is 32.0 Å². The predicted octanol–water partition coefficient (Wildman–Crippen LogP) is 2.29. The number of rotatable bonds is 12. The van der Waals surface area contributed by atoms with Crippen LogP contribution < -0.4 is 15.6 Å². The number of methoxy groups -OCH3 is 1. The monoisotopic (exact) mass is 724 g/mol. The van der Waals surface area contributed by atoms with Crippen LogP contribution >= 0.6 is 0 Å². The topological polar surface area (TPSA) is 186 Å². The van der Waals surface area contributed by atoms with Gasteiger partial charge in [0.1, 0.15) is 17.8 Å². The van der Waals surface area contributed by atoms with Crippen molar-refractivity contribution in [2.24, 2.45) is 23.2 Å². The summed E-state index contributed by atoms with van der Waals surface area (Å²) in [5.41, 5.74) is -2.43. The molecule has 4 aliphatic carbocycles. The highest BCUT2D eigenvalue weighted by molar-refractivity contribution is 5.90. The average Bonchev–Trinajstić information content (AvgIpc) is 3.93. The van der Waals surface area contributed by atoms with E-state index < -0.39 is 71.6 Å². The van der Waals surface area contributed by atoms with Crippen LogP contribution in [0.2, 0.25) is 0 Å². The Balaban J connectivity index is 1.30. The summed E-state index contributed by atoms with van der Waals surface area (Å²) in [7, 11) is 1.27. The van der Waals surface area contributed by atoms with Gasteiger partial charge in [-0.15, -0.1) is 6.58 Å². The van der Waals surface area contributed by atoms with E-state index >= 15 is 0 Å². The number of ether oxygens (including phenoxy) is 4. The zero-order valence-corrected chi connectivity index (χ0v) is 30.3. The first-order valence-corrected chi connectivity index (χ1v) is 19.2. The molecule has 7 rings (SSSR count). The maximum absolute atomic E-state index is 13.1. The molecule has 2 bridgehead atoms. The lowest BCUT2D eigenvalue weighted by Crippen LogP contribution is -2.78. The molecule has 3 saturated carbocycles. The number of hydrogen-bond acceptors (Lipinski definition) is 10. The highest BCUT2D eigenvalue weighted by Gasteiger charge is 2.70. The molecule has 0 radical (unpaired) electrons. The van der Waals surface area contributed by atoms with Crippen molar-refractivity contribution in [2.75, 3.05) is 20.3 Å². The van der Waals surface area contributed by atoms with E-state index in [0.717, 1.165) is 36.6 Å². The van der Waals surface area contributed by atoms with Crippen LogP contribution in [-0.4, -0.2) is 93.6 Å². The Morgan fingerprint density at radius 3 is 2.52 bits per heavy atom. The number of nitrogens with zero attached hydrogens (tertiary/aromatic N) is 1. The Morgan fingerprint density at radius 1 is 1.15 bits per heavy atom. The van der Waals surface area contributed by atoms with Gasteiger partial charge in [-0.1, -0.05) is 56.2 Å². The van der Waals surface area contributed by atoms with Crippen LogP contribution in [0.15, 0.2) is 30.4 Å². The van der Waals surface area contributed by atoms with Gasteiger partial charge in [0, 0.05) is 35.9 Å². The first-order chi connectivity index (χ1) is 25.0. The number of carbonyl (C=O) groups is 2. The summed E-state index contributed by atoms with van der Waals surface area (Å²) in [5, 5.41) is 57.3. The van der Waals surface area contributed by atoms with Crippen molar-refractivity contribution < 1.29 is 54.1 Å². The molecule has 5 N–H and O–H groups in total. The number of carboxylic acid groups (broad SMARTS) is 1. The van der Waals surface area contributed by atoms with E-state index in [0.29, 0.717) is 54.7 Å². The summed E-state index contributed by atoms with van der Waals surface area (Å²) in [6.45, 7) is 5.60. The van der Waals surface area contributed by atoms with E-state index in [9.17, 15) is 35.1 Å². The van der Waals surface area contributed by atoms with E-state index in [1.807, 2.05) is 6.08 Å². The van der Waals surface area contributed by atoms with Crippen molar-refractivity contribution in [3.63, 3.8) is 0 Å². The van der Waals surface area contributed by atoms with Gasteiger partial charge in [0.2, 0.25) is 0 Å². The second-order valence-corrected chi connectivity index (χ2v) is 16.0. The number of aliphatic carboxylic acids is 1. The largest absolute Gasteiger partial charge is 0.658 e. The highest BCUT2D eigenvalue weighted by atomic mass is 16.7. The van der Waals surface area contributed by atoms with Gasteiger partial charge in [0.25, 0.3) is 0 Å². The van der Waals surface area contributed by atoms with Gasteiger partial charge in [-0.3, -0.25) is 4.79 Å². The first-order valence-electron chi connectivity index (χ1n) is 19.2. The molecular weight excluding hydrogens is 670 g/mol. The average molecular weight is 725 g/mol. The second kappa shape index (κ2) is 14.3. The van der Waals surface area contributed by atoms with Gasteiger partial charge in [0.15, 0.2) is 11.9 Å². The maximum Gasteiger partial charge on any atom is 0.333 e. The number of aromatic nitrogens is 1. The molecule has 1 saturated heterocycles. The minimum atomic E-state index is -1.99. The molecule has 9 atom stereocenters. The minimum absolute atomic E-state index is 0.0574. The SMILES string of the molecule is C=CC1C(CC(=O)O)C(C(=O)OC)=CC2(CCCC2)C1OC1OC(CO)C23OC(CCCO)=c4[n-]c(C(C)C5CCCC5)cc4=C2CCC1(O)C3O. The van der Waals surface area contributed by atoms with Gasteiger partial charge < -0.3 is 49.5 Å². The van der Waals surface area contributed by atoms with Crippen LogP contribution in [-0.2, 0) is 28.5 Å². The lowest BCUT2D eigenvalue weighted by molar-refractivity contribution is -0.378. The number of aliphatic hydroxyl groups excluding tert-OH is 3. The molecule has 1 aromatic heterocycles. The van der Waals surface area contributed by atoms with E-state index in [2.05, 4.69) is 19.6 Å².